The first-order valence-corrected chi connectivity index (χ1v) is 13.8. The normalized spacial score (nSPS) is 34.9. The summed E-state index contributed by atoms with van der Waals surface area (Å²) in [6.45, 7) is 9.97. The summed E-state index contributed by atoms with van der Waals surface area (Å²) in [4.78, 5) is 63.7. The highest BCUT2D eigenvalue weighted by atomic mass is 16.6. The van der Waals surface area contributed by atoms with E-state index in [0.717, 1.165) is 0 Å². The number of rotatable bonds is 7. The molecule has 1 aliphatic heterocycles. The molecule has 1 saturated heterocycles. The molecule has 1 spiro atoms. The van der Waals surface area contributed by atoms with Gasteiger partial charge in [-0.1, -0.05) is 25.1 Å². The fraction of sp³-hybridized carbons (Fsp3) is 0.633. The highest BCUT2D eigenvalue weighted by Gasteiger charge is 2.84. The maximum Gasteiger partial charge on any atom is 0.338 e. The van der Waals surface area contributed by atoms with Crippen molar-refractivity contribution in [3.63, 3.8) is 0 Å². The molecule has 0 N–H and O–H groups in total. The lowest BCUT2D eigenvalue weighted by Gasteiger charge is -2.63. The summed E-state index contributed by atoms with van der Waals surface area (Å²) in [5.41, 5.74) is -3.98. The van der Waals surface area contributed by atoms with Crippen molar-refractivity contribution in [2.45, 2.75) is 96.9 Å². The van der Waals surface area contributed by atoms with E-state index in [0.29, 0.717) is 6.42 Å². The molecule has 2 bridgehead atoms. The van der Waals surface area contributed by atoms with Crippen molar-refractivity contribution < 1.29 is 52.4 Å². The van der Waals surface area contributed by atoms with Crippen LogP contribution in [-0.2, 0) is 47.6 Å². The second-order valence-electron chi connectivity index (χ2n) is 11.7. The molecule has 3 fully saturated rings. The van der Waals surface area contributed by atoms with E-state index in [1.807, 2.05) is 6.92 Å². The molecule has 41 heavy (non-hydrogen) atoms. The van der Waals surface area contributed by atoms with Crippen LogP contribution in [0.5, 0.6) is 0 Å². The minimum atomic E-state index is -1.64. The minimum Gasteiger partial charge on any atom is -0.465 e. The van der Waals surface area contributed by atoms with Gasteiger partial charge >= 0.3 is 29.8 Å². The van der Waals surface area contributed by atoms with Gasteiger partial charge in [-0.15, -0.1) is 0 Å². The van der Waals surface area contributed by atoms with Gasteiger partial charge in [-0.05, 0) is 44.7 Å². The Bertz CT molecular complexity index is 1210. The van der Waals surface area contributed by atoms with E-state index in [-0.39, 0.29) is 17.9 Å². The molecule has 224 valence electrons. The molecular weight excluding hydrogens is 536 g/mol. The summed E-state index contributed by atoms with van der Waals surface area (Å²) in [6, 6.07) is 8.24. The Kier molecular flexibility index (Phi) is 8.23. The first kappa shape index (κ1) is 30.5. The molecule has 1 aromatic carbocycles. The fourth-order valence-corrected chi connectivity index (χ4v) is 7.44. The van der Waals surface area contributed by atoms with Crippen LogP contribution in [-0.4, -0.2) is 72.1 Å². The summed E-state index contributed by atoms with van der Waals surface area (Å²) in [5.74, 6) is -4.44. The molecule has 2 saturated carbocycles. The number of benzene rings is 1. The Morgan fingerprint density at radius 1 is 0.805 bits per heavy atom. The predicted octanol–water partition coefficient (Wildman–Crippen LogP) is 3.16. The summed E-state index contributed by atoms with van der Waals surface area (Å²) in [7, 11) is 0. The van der Waals surface area contributed by atoms with Gasteiger partial charge in [0.15, 0.2) is 6.10 Å². The van der Waals surface area contributed by atoms with Crippen LogP contribution in [0.25, 0.3) is 0 Å². The van der Waals surface area contributed by atoms with Crippen LogP contribution < -0.4 is 0 Å². The molecule has 11 heteroatoms. The molecule has 8 atom stereocenters. The van der Waals surface area contributed by atoms with Crippen LogP contribution in [0.1, 0.15) is 71.7 Å². The molecule has 4 rings (SSSR count). The van der Waals surface area contributed by atoms with E-state index in [1.54, 1.807) is 44.2 Å². The molecule has 0 radical (unpaired) electrons. The van der Waals surface area contributed by atoms with E-state index in [1.165, 1.54) is 27.7 Å². The van der Waals surface area contributed by atoms with Crippen molar-refractivity contribution >= 4 is 29.8 Å². The zero-order valence-corrected chi connectivity index (χ0v) is 24.5. The maximum atomic E-state index is 13.7. The minimum absolute atomic E-state index is 0.230. The SMILES string of the molecule is CC(=O)OC[C@@]12[C@@H](OC(C)=O)CC[C@H](C)[C@]13OC(C)(C)[C@H]([C@H](OC(C)=O)[C@H]2OC(=O)c1ccccc1)[C@@H]3OC(C)=O. The Morgan fingerprint density at radius 3 is 1.98 bits per heavy atom. The third-order valence-corrected chi connectivity index (χ3v) is 8.70. The second kappa shape index (κ2) is 11.1. The molecule has 3 aliphatic rings. The van der Waals surface area contributed by atoms with Crippen LogP contribution in [0.2, 0.25) is 0 Å². The zero-order chi connectivity index (χ0) is 30.3. The fourth-order valence-electron chi connectivity index (χ4n) is 7.44. The summed E-state index contributed by atoms with van der Waals surface area (Å²) in [5, 5.41) is 0. The van der Waals surface area contributed by atoms with Gasteiger partial charge in [-0.2, -0.15) is 0 Å². The number of carbonyl (C=O) groups excluding carboxylic acids is 5. The lowest BCUT2D eigenvalue weighted by atomic mass is 9.47. The lowest BCUT2D eigenvalue weighted by Crippen LogP contribution is -2.79. The molecule has 0 aromatic heterocycles. The van der Waals surface area contributed by atoms with Crippen LogP contribution in [0.4, 0.5) is 0 Å². The van der Waals surface area contributed by atoms with Crippen LogP contribution >= 0.6 is 0 Å². The van der Waals surface area contributed by atoms with Gasteiger partial charge in [-0.25, -0.2) is 4.79 Å². The van der Waals surface area contributed by atoms with E-state index in [9.17, 15) is 24.0 Å². The van der Waals surface area contributed by atoms with Gasteiger partial charge in [-0.3, -0.25) is 19.2 Å². The van der Waals surface area contributed by atoms with Gasteiger partial charge in [0.1, 0.15) is 35.9 Å². The van der Waals surface area contributed by atoms with Gasteiger partial charge in [0.25, 0.3) is 0 Å². The quantitative estimate of drug-likeness (QED) is 0.350. The van der Waals surface area contributed by atoms with Crippen molar-refractivity contribution in [2.75, 3.05) is 6.61 Å². The summed E-state index contributed by atoms with van der Waals surface area (Å²) in [6.07, 6.45) is -3.85. The number of fused-ring (bicyclic) bond motifs is 1. The molecule has 11 nitrogen and oxygen atoms in total. The number of carbonyl (C=O) groups is 5. The van der Waals surface area contributed by atoms with Gasteiger partial charge < -0.3 is 28.4 Å². The topological polar surface area (TPSA) is 141 Å². The molecule has 1 aromatic rings. The number of hydrogen-bond acceptors (Lipinski definition) is 11. The summed E-state index contributed by atoms with van der Waals surface area (Å²) < 4.78 is 36.7. The smallest absolute Gasteiger partial charge is 0.338 e. The standard InChI is InChI=1S/C30H38O11/c1-16-13-14-22(37-18(3)32)29(15-36-17(2)31)26(40-27(35)21-11-9-8-10-12-21)24(38-19(4)33)23-25(39-20(5)34)30(16,29)41-28(23,6)7/h8-12,16,22-26H,13-15H2,1-7H3/t16-,22-,23+,24-,25-,26+,29-,30+/m0/s1. The summed E-state index contributed by atoms with van der Waals surface area (Å²) >= 11 is 0. The Labute approximate surface area is 239 Å². The molecule has 1 heterocycles. The van der Waals surface area contributed by atoms with Crippen molar-refractivity contribution in [3.8, 4) is 0 Å². The Hall–Kier alpha value is -3.47. The average molecular weight is 575 g/mol. The van der Waals surface area contributed by atoms with Crippen LogP contribution in [0, 0.1) is 17.3 Å². The average Bonchev–Trinajstić information content (AvgIpc) is 3.06. The predicted molar refractivity (Wildman–Crippen MR) is 141 cm³/mol. The third-order valence-electron chi connectivity index (χ3n) is 8.70. The largest absolute Gasteiger partial charge is 0.465 e. The van der Waals surface area contributed by atoms with E-state index < -0.39 is 83.4 Å². The van der Waals surface area contributed by atoms with Crippen molar-refractivity contribution in [1.29, 1.82) is 0 Å². The van der Waals surface area contributed by atoms with Crippen molar-refractivity contribution in [2.24, 2.45) is 17.3 Å². The van der Waals surface area contributed by atoms with Gasteiger partial charge in [0.05, 0.1) is 17.1 Å². The highest BCUT2D eigenvalue weighted by molar-refractivity contribution is 5.89. The third kappa shape index (κ3) is 5.09. The van der Waals surface area contributed by atoms with Crippen LogP contribution in [0.3, 0.4) is 0 Å². The Balaban J connectivity index is 2.06. The lowest BCUT2D eigenvalue weighted by molar-refractivity contribution is -0.314. The van der Waals surface area contributed by atoms with E-state index in [2.05, 4.69) is 0 Å². The van der Waals surface area contributed by atoms with Crippen LogP contribution in [0.15, 0.2) is 30.3 Å². The molecule has 0 unspecified atom stereocenters. The molecule has 0 amide bonds. The van der Waals surface area contributed by atoms with Gasteiger partial charge in [0.2, 0.25) is 0 Å². The van der Waals surface area contributed by atoms with E-state index in [4.69, 9.17) is 28.4 Å². The number of esters is 5. The number of ether oxygens (including phenoxy) is 6. The van der Waals surface area contributed by atoms with Crippen molar-refractivity contribution in [3.05, 3.63) is 35.9 Å². The van der Waals surface area contributed by atoms with Crippen molar-refractivity contribution in [1.82, 2.24) is 0 Å². The zero-order valence-electron chi connectivity index (χ0n) is 24.5. The molecular formula is C30H38O11. The molecule has 2 aliphatic carbocycles. The first-order valence-electron chi connectivity index (χ1n) is 13.8. The second-order valence-corrected chi connectivity index (χ2v) is 11.7. The number of hydrogen-bond donors (Lipinski definition) is 0. The Morgan fingerprint density at radius 2 is 1.41 bits per heavy atom. The highest BCUT2D eigenvalue weighted by Crippen LogP contribution is 2.68. The maximum absolute atomic E-state index is 13.7. The van der Waals surface area contributed by atoms with E-state index >= 15 is 0 Å². The monoisotopic (exact) mass is 574 g/mol. The first-order chi connectivity index (χ1) is 19.2. The van der Waals surface area contributed by atoms with Gasteiger partial charge in [0, 0.05) is 27.7 Å².